The Kier molecular flexibility index (Phi) is 4.11. The van der Waals surface area contributed by atoms with Crippen LogP contribution in [0.25, 0.3) is 0 Å². The fourth-order valence-electron chi connectivity index (χ4n) is 5.22. The van der Waals surface area contributed by atoms with Crippen molar-refractivity contribution >= 4 is 11.9 Å². The summed E-state index contributed by atoms with van der Waals surface area (Å²) >= 11 is 0. The highest BCUT2D eigenvalue weighted by Gasteiger charge is 2.71. The van der Waals surface area contributed by atoms with Crippen LogP contribution in [-0.2, 0) is 19.1 Å². The van der Waals surface area contributed by atoms with Gasteiger partial charge in [0, 0.05) is 5.41 Å². The van der Waals surface area contributed by atoms with Gasteiger partial charge in [-0.15, -0.1) is 0 Å². The van der Waals surface area contributed by atoms with E-state index >= 15 is 0 Å². The van der Waals surface area contributed by atoms with Gasteiger partial charge in [-0.1, -0.05) is 37.1 Å². The van der Waals surface area contributed by atoms with Gasteiger partial charge in [0.25, 0.3) is 0 Å². The minimum Gasteiger partial charge on any atom is -0.465 e. The average molecular weight is 318 g/mol. The monoisotopic (exact) mass is 318 g/mol. The van der Waals surface area contributed by atoms with E-state index in [1.807, 2.05) is 0 Å². The van der Waals surface area contributed by atoms with E-state index in [0.29, 0.717) is 6.42 Å². The van der Waals surface area contributed by atoms with Crippen molar-refractivity contribution in [3.63, 3.8) is 0 Å². The van der Waals surface area contributed by atoms with Crippen LogP contribution in [0.15, 0.2) is 24.3 Å². The van der Waals surface area contributed by atoms with Crippen molar-refractivity contribution in [2.24, 2.45) is 22.7 Å². The fraction of sp³-hybridized carbons (Fsp3) is 0.684. The second-order valence-corrected chi connectivity index (χ2v) is 6.88. The summed E-state index contributed by atoms with van der Waals surface area (Å²) in [5.41, 5.74) is -0.715. The smallest absolute Gasteiger partial charge is 0.324 e. The highest BCUT2D eigenvalue weighted by atomic mass is 16.6. The zero-order valence-electron chi connectivity index (χ0n) is 14.1. The molecule has 0 heterocycles. The maximum atomic E-state index is 13.0. The van der Waals surface area contributed by atoms with Crippen molar-refractivity contribution in [3.05, 3.63) is 24.3 Å². The van der Waals surface area contributed by atoms with Crippen LogP contribution in [0.5, 0.6) is 0 Å². The van der Waals surface area contributed by atoms with Crippen molar-refractivity contribution in [3.8, 4) is 0 Å². The molecule has 0 radical (unpaired) electrons. The number of allylic oxidation sites excluding steroid dienone is 3. The predicted octanol–water partition coefficient (Wildman–Crippen LogP) is 3.42. The summed E-state index contributed by atoms with van der Waals surface area (Å²) in [5, 5.41) is 0. The summed E-state index contributed by atoms with van der Waals surface area (Å²) in [6.07, 6.45) is 8.48. The van der Waals surface area contributed by atoms with Gasteiger partial charge in [0.05, 0.1) is 13.2 Å². The van der Waals surface area contributed by atoms with Gasteiger partial charge in [-0.05, 0) is 44.9 Å². The van der Waals surface area contributed by atoms with Crippen LogP contribution in [-0.4, -0.2) is 25.2 Å². The zero-order chi connectivity index (χ0) is 16.7. The maximum Gasteiger partial charge on any atom is 0.324 e. The van der Waals surface area contributed by atoms with Gasteiger partial charge in [-0.2, -0.15) is 0 Å². The van der Waals surface area contributed by atoms with Gasteiger partial charge in [-0.25, -0.2) is 0 Å². The van der Waals surface area contributed by atoms with Crippen molar-refractivity contribution < 1.29 is 19.1 Å². The summed E-state index contributed by atoms with van der Waals surface area (Å²) in [4.78, 5) is 26.1. The summed E-state index contributed by atoms with van der Waals surface area (Å²) in [7, 11) is 0. The first-order chi connectivity index (χ1) is 11.0. The molecule has 0 aromatic rings. The lowest BCUT2D eigenvalue weighted by Crippen LogP contribution is -2.58. The molecule has 0 amide bonds. The molecule has 1 spiro atoms. The summed E-state index contributed by atoms with van der Waals surface area (Å²) in [6, 6.07) is 0. The number of hydrogen-bond donors (Lipinski definition) is 0. The number of ether oxygens (including phenoxy) is 2. The lowest BCUT2D eigenvalue weighted by Gasteiger charge is -2.52. The third-order valence-electron chi connectivity index (χ3n) is 6.12. The number of esters is 2. The van der Waals surface area contributed by atoms with Crippen LogP contribution in [0.2, 0.25) is 0 Å². The third-order valence-corrected chi connectivity index (χ3v) is 6.12. The molecule has 0 aliphatic heterocycles. The molecule has 4 nitrogen and oxygen atoms in total. The summed E-state index contributed by atoms with van der Waals surface area (Å²) < 4.78 is 10.8. The number of fused-ring (bicyclic) bond motifs is 3. The minimum atomic E-state index is -1.22. The molecule has 0 saturated heterocycles. The molecule has 2 saturated carbocycles. The Morgan fingerprint density at radius 2 is 1.74 bits per heavy atom. The topological polar surface area (TPSA) is 52.6 Å². The molecule has 2 bridgehead atoms. The normalized spacial score (nSPS) is 33.9. The molecule has 4 heteroatoms. The van der Waals surface area contributed by atoms with E-state index in [-0.39, 0.29) is 25.0 Å². The molecule has 126 valence electrons. The summed E-state index contributed by atoms with van der Waals surface area (Å²) in [6.45, 7) is 8.43. The molecule has 3 aliphatic carbocycles. The van der Waals surface area contributed by atoms with E-state index in [9.17, 15) is 9.59 Å². The molecule has 3 atom stereocenters. The number of rotatable bonds is 4. The van der Waals surface area contributed by atoms with E-state index in [1.165, 1.54) is 0 Å². The first-order valence-corrected chi connectivity index (χ1v) is 8.76. The molecule has 23 heavy (non-hydrogen) atoms. The second-order valence-electron chi connectivity index (χ2n) is 6.88. The first-order valence-electron chi connectivity index (χ1n) is 8.76. The Hall–Kier alpha value is -1.58. The average Bonchev–Trinajstić information content (AvgIpc) is 3.12. The van der Waals surface area contributed by atoms with Gasteiger partial charge in [0.15, 0.2) is 5.41 Å². The van der Waals surface area contributed by atoms with E-state index < -0.39 is 22.8 Å². The largest absolute Gasteiger partial charge is 0.465 e. The molecule has 3 rings (SSSR count). The lowest BCUT2D eigenvalue weighted by molar-refractivity contribution is -0.187. The number of carbonyl (C=O) groups is 2. The van der Waals surface area contributed by atoms with Gasteiger partial charge in [0.2, 0.25) is 0 Å². The third kappa shape index (κ3) is 1.96. The Morgan fingerprint density at radius 3 is 2.26 bits per heavy atom. The molecule has 2 fully saturated rings. The van der Waals surface area contributed by atoms with Crippen LogP contribution < -0.4 is 0 Å². The van der Waals surface area contributed by atoms with Crippen LogP contribution in [0.4, 0.5) is 0 Å². The quantitative estimate of drug-likeness (QED) is 0.453. The molecule has 0 aromatic heterocycles. The maximum absolute atomic E-state index is 13.0. The van der Waals surface area contributed by atoms with E-state index in [1.54, 1.807) is 13.8 Å². The van der Waals surface area contributed by atoms with E-state index in [0.717, 1.165) is 31.3 Å². The molecular weight excluding hydrogens is 292 g/mol. The predicted molar refractivity (Wildman–Crippen MR) is 86.5 cm³/mol. The number of hydrogen-bond acceptors (Lipinski definition) is 4. The standard InChI is InChI=1S/C19H26O4/c1-4-22-16(20)19(17(21)23-5-2)11-7-6-10-18(19)13(3)14-8-9-15(18)12-14/h8-9,14-15H,3-7,10-12H2,1-2H3/t14-,15+,18-/m0/s1. The minimum absolute atomic E-state index is 0.189. The Labute approximate surface area is 137 Å². The van der Waals surface area contributed by atoms with Crippen LogP contribution >= 0.6 is 0 Å². The molecule has 0 N–H and O–H groups in total. The highest BCUT2D eigenvalue weighted by Crippen LogP contribution is 2.69. The Bertz CT molecular complexity index is 544. The molecule has 0 unspecified atom stereocenters. The highest BCUT2D eigenvalue weighted by molar-refractivity contribution is 6.02. The zero-order valence-corrected chi connectivity index (χ0v) is 14.1. The lowest BCUT2D eigenvalue weighted by atomic mass is 9.49. The van der Waals surface area contributed by atoms with Crippen molar-refractivity contribution in [1.29, 1.82) is 0 Å². The van der Waals surface area contributed by atoms with Gasteiger partial charge < -0.3 is 9.47 Å². The first kappa shape index (κ1) is 16.3. The second kappa shape index (κ2) is 5.81. The van der Waals surface area contributed by atoms with Gasteiger partial charge in [-0.3, -0.25) is 9.59 Å². The van der Waals surface area contributed by atoms with Crippen LogP contribution in [0, 0.1) is 22.7 Å². The SMILES string of the molecule is C=C1[C@H]2C=C[C@H](C2)[C@]12CCCCC2(C(=O)OCC)C(=O)OCC. The number of carbonyl (C=O) groups excluding carboxylic acids is 2. The van der Waals surface area contributed by atoms with Gasteiger partial charge in [0.1, 0.15) is 0 Å². The van der Waals surface area contributed by atoms with Crippen LogP contribution in [0.1, 0.15) is 46.0 Å². The van der Waals surface area contributed by atoms with E-state index in [4.69, 9.17) is 9.47 Å². The Morgan fingerprint density at radius 1 is 1.13 bits per heavy atom. The fourth-order valence-corrected chi connectivity index (χ4v) is 5.22. The molecular formula is C19H26O4. The van der Waals surface area contributed by atoms with Gasteiger partial charge >= 0.3 is 11.9 Å². The molecule has 0 aromatic carbocycles. The van der Waals surface area contributed by atoms with Crippen molar-refractivity contribution in [2.45, 2.75) is 46.0 Å². The Balaban J connectivity index is 2.14. The summed E-state index contributed by atoms with van der Waals surface area (Å²) in [5.74, 6) is -0.365. The van der Waals surface area contributed by atoms with Crippen LogP contribution in [0.3, 0.4) is 0 Å². The van der Waals surface area contributed by atoms with E-state index in [2.05, 4.69) is 18.7 Å². The van der Waals surface area contributed by atoms with Crippen molar-refractivity contribution in [2.75, 3.05) is 13.2 Å². The van der Waals surface area contributed by atoms with Crippen molar-refractivity contribution in [1.82, 2.24) is 0 Å². The molecule has 3 aliphatic rings.